The zero-order chi connectivity index (χ0) is 28.4. The van der Waals surface area contributed by atoms with Gasteiger partial charge < -0.3 is 14.2 Å². The number of thiazole rings is 1. The topological polar surface area (TPSA) is 79.1 Å². The van der Waals surface area contributed by atoms with Gasteiger partial charge in [-0.3, -0.25) is 9.36 Å². The van der Waals surface area contributed by atoms with E-state index in [-0.39, 0.29) is 5.56 Å². The molecule has 1 atom stereocenters. The van der Waals surface area contributed by atoms with Crippen LogP contribution < -0.4 is 24.4 Å². The van der Waals surface area contributed by atoms with E-state index in [1.807, 2.05) is 80.6 Å². The molecule has 0 unspecified atom stereocenters. The normalized spacial score (nSPS) is 14.9. The molecule has 5 rings (SSSR count). The summed E-state index contributed by atoms with van der Waals surface area (Å²) in [5.41, 5.74) is 5.40. The van der Waals surface area contributed by atoms with Crippen molar-refractivity contribution in [1.82, 2.24) is 4.57 Å². The molecule has 204 valence electrons. The number of hydrogen-bond donors (Lipinski definition) is 0. The lowest BCUT2D eigenvalue weighted by Crippen LogP contribution is -2.39. The summed E-state index contributed by atoms with van der Waals surface area (Å²) in [6.07, 6.45) is 1.84. The molecule has 0 N–H and O–H groups in total. The first-order valence-electron chi connectivity index (χ1n) is 12.8. The Morgan fingerprint density at radius 2 is 1.73 bits per heavy atom. The van der Waals surface area contributed by atoms with Gasteiger partial charge in [-0.05, 0) is 73.4 Å². The molecule has 0 saturated heterocycles. The van der Waals surface area contributed by atoms with Crippen molar-refractivity contribution in [2.75, 3.05) is 14.2 Å². The number of benzene rings is 3. The molecule has 3 aromatic carbocycles. The van der Waals surface area contributed by atoms with E-state index in [1.54, 1.807) is 18.6 Å². The Morgan fingerprint density at radius 1 is 1.00 bits per heavy atom. The molecule has 0 bridgehead atoms. The van der Waals surface area contributed by atoms with Crippen LogP contribution in [-0.2, 0) is 16.1 Å². The first kappa shape index (κ1) is 27.1. The number of carbonyl (C=O) groups is 1. The largest absolute Gasteiger partial charge is 0.496 e. The van der Waals surface area contributed by atoms with Gasteiger partial charge in [-0.15, -0.1) is 0 Å². The van der Waals surface area contributed by atoms with Gasteiger partial charge in [0, 0.05) is 5.56 Å². The van der Waals surface area contributed by atoms with Crippen LogP contribution in [0, 0.1) is 13.8 Å². The fourth-order valence-corrected chi connectivity index (χ4v) is 6.02. The molecule has 40 heavy (non-hydrogen) atoms. The first-order chi connectivity index (χ1) is 19.3. The Hall–Kier alpha value is -4.43. The third-order valence-electron chi connectivity index (χ3n) is 6.73. The average Bonchev–Trinajstić information content (AvgIpc) is 3.24. The summed E-state index contributed by atoms with van der Waals surface area (Å²) < 4.78 is 18.8. The van der Waals surface area contributed by atoms with Gasteiger partial charge in [0.25, 0.3) is 5.56 Å². The molecule has 0 fully saturated rings. The SMILES string of the molecule is COC(=O)C1=C(C)N=c2sc(=Cc3ccc(OC)c(COc4cc(C)cc(C)c4)c3)c(=O)n2[C@H]1c1ccccc1. The summed E-state index contributed by atoms with van der Waals surface area (Å²) in [5, 5.41) is 0. The van der Waals surface area contributed by atoms with Crippen molar-refractivity contribution in [3.63, 3.8) is 0 Å². The van der Waals surface area contributed by atoms with Crippen molar-refractivity contribution in [2.24, 2.45) is 4.99 Å². The third kappa shape index (κ3) is 5.35. The van der Waals surface area contributed by atoms with Gasteiger partial charge in [-0.1, -0.05) is 53.8 Å². The number of aryl methyl sites for hydroxylation is 2. The number of aromatic nitrogens is 1. The number of esters is 1. The van der Waals surface area contributed by atoms with Gasteiger partial charge in [0.15, 0.2) is 4.80 Å². The molecule has 2 heterocycles. The van der Waals surface area contributed by atoms with Gasteiger partial charge in [0.05, 0.1) is 36.1 Å². The molecule has 0 saturated carbocycles. The summed E-state index contributed by atoms with van der Waals surface area (Å²) in [6, 6.07) is 20.6. The van der Waals surface area contributed by atoms with Crippen LogP contribution in [0.15, 0.2) is 87.8 Å². The van der Waals surface area contributed by atoms with Crippen LogP contribution in [0.3, 0.4) is 0 Å². The second-order valence-electron chi connectivity index (χ2n) is 9.67. The van der Waals surface area contributed by atoms with Gasteiger partial charge in [0.2, 0.25) is 0 Å². The molecule has 8 heteroatoms. The van der Waals surface area contributed by atoms with E-state index in [0.29, 0.717) is 33.0 Å². The molecule has 0 spiro atoms. The Bertz CT molecular complexity index is 1780. The average molecular weight is 555 g/mol. The lowest BCUT2D eigenvalue weighted by Gasteiger charge is -2.24. The summed E-state index contributed by atoms with van der Waals surface area (Å²) in [6.45, 7) is 6.15. The molecule has 7 nitrogen and oxygen atoms in total. The van der Waals surface area contributed by atoms with Crippen molar-refractivity contribution < 1.29 is 19.0 Å². The molecular weight excluding hydrogens is 524 g/mol. The lowest BCUT2D eigenvalue weighted by atomic mass is 9.96. The summed E-state index contributed by atoms with van der Waals surface area (Å²) in [7, 11) is 2.96. The molecule has 0 aliphatic carbocycles. The highest BCUT2D eigenvalue weighted by atomic mass is 32.1. The smallest absolute Gasteiger partial charge is 0.338 e. The van der Waals surface area contributed by atoms with E-state index >= 15 is 0 Å². The van der Waals surface area contributed by atoms with Crippen molar-refractivity contribution in [2.45, 2.75) is 33.4 Å². The molecule has 0 amide bonds. The van der Waals surface area contributed by atoms with Crippen LogP contribution in [0.5, 0.6) is 11.5 Å². The summed E-state index contributed by atoms with van der Waals surface area (Å²) >= 11 is 1.29. The number of hydrogen-bond acceptors (Lipinski definition) is 7. The maximum absolute atomic E-state index is 13.8. The zero-order valence-corrected chi connectivity index (χ0v) is 23.9. The second kappa shape index (κ2) is 11.4. The highest BCUT2D eigenvalue weighted by Gasteiger charge is 2.32. The number of ether oxygens (including phenoxy) is 3. The molecule has 4 aromatic rings. The minimum absolute atomic E-state index is 0.227. The fraction of sp³-hybridized carbons (Fsp3) is 0.219. The van der Waals surface area contributed by atoms with Crippen LogP contribution in [0.4, 0.5) is 0 Å². The monoisotopic (exact) mass is 554 g/mol. The highest BCUT2D eigenvalue weighted by Crippen LogP contribution is 2.30. The highest BCUT2D eigenvalue weighted by molar-refractivity contribution is 7.07. The number of methoxy groups -OCH3 is 2. The van der Waals surface area contributed by atoms with E-state index in [1.165, 1.54) is 18.4 Å². The van der Waals surface area contributed by atoms with Gasteiger partial charge in [-0.2, -0.15) is 0 Å². The number of rotatable bonds is 7. The zero-order valence-electron chi connectivity index (χ0n) is 23.1. The van der Waals surface area contributed by atoms with E-state index in [2.05, 4.69) is 11.1 Å². The standard InChI is InChI=1S/C32H30N2O5S/c1-19-13-20(2)15-25(14-19)39-18-24-16-22(11-12-26(24)37-4)17-27-30(35)34-29(23-9-7-6-8-10-23)28(31(36)38-5)21(3)33-32(34)40-27/h6-17,29H,18H2,1-5H3/t29-/m0/s1. The van der Waals surface area contributed by atoms with Crippen LogP contribution in [0.1, 0.15) is 40.8 Å². The summed E-state index contributed by atoms with van der Waals surface area (Å²) in [4.78, 5) is 31.7. The Morgan fingerprint density at radius 3 is 2.40 bits per heavy atom. The molecule has 1 aliphatic rings. The Balaban J connectivity index is 1.56. The quantitative estimate of drug-likeness (QED) is 0.312. The maximum atomic E-state index is 13.8. The van der Waals surface area contributed by atoms with Gasteiger partial charge >= 0.3 is 5.97 Å². The van der Waals surface area contributed by atoms with Crippen LogP contribution >= 0.6 is 11.3 Å². The molecule has 1 aromatic heterocycles. The number of carbonyl (C=O) groups excluding carboxylic acids is 1. The predicted octanol–water partition coefficient (Wildman–Crippen LogP) is 4.61. The van der Waals surface area contributed by atoms with Crippen LogP contribution in [-0.4, -0.2) is 24.8 Å². The fourth-order valence-electron chi connectivity index (χ4n) is 4.97. The number of nitrogens with zero attached hydrogens (tertiary/aromatic N) is 2. The van der Waals surface area contributed by atoms with Crippen LogP contribution in [0.25, 0.3) is 6.08 Å². The summed E-state index contributed by atoms with van der Waals surface area (Å²) in [5.74, 6) is 0.981. The van der Waals surface area contributed by atoms with Gasteiger partial charge in [0.1, 0.15) is 18.1 Å². The minimum atomic E-state index is -0.635. The minimum Gasteiger partial charge on any atom is -0.496 e. The number of allylic oxidation sites excluding steroid dienone is 1. The van der Waals surface area contributed by atoms with Gasteiger partial charge in [-0.25, -0.2) is 9.79 Å². The van der Waals surface area contributed by atoms with E-state index in [9.17, 15) is 9.59 Å². The predicted molar refractivity (Wildman–Crippen MR) is 155 cm³/mol. The van der Waals surface area contributed by atoms with E-state index in [4.69, 9.17) is 14.2 Å². The lowest BCUT2D eigenvalue weighted by molar-refractivity contribution is -0.136. The first-order valence-corrected chi connectivity index (χ1v) is 13.6. The van der Waals surface area contributed by atoms with Crippen molar-refractivity contribution in [3.05, 3.63) is 126 Å². The van der Waals surface area contributed by atoms with E-state index < -0.39 is 12.0 Å². The Labute approximate surface area is 236 Å². The van der Waals surface area contributed by atoms with Crippen molar-refractivity contribution in [3.8, 4) is 11.5 Å². The maximum Gasteiger partial charge on any atom is 0.338 e. The molecule has 0 radical (unpaired) electrons. The molecule has 1 aliphatic heterocycles. The second-order valence-corrected chi connectivity index (χ2v) is 10.7. The van der Waals surface area contributed by atoms with E-state index in [0.717, 1.165) is 33.6 Å². The van der Waals surface area contributed by atoms with Crippen molar-refractivity contribution >= 4 is 23.4 Å². The third-order valence-corrected chi connectivity index (χ3v) is 7.72. The van der Waals surface area contributed by atoms with Crippen molar-refractivity contribution in [1.29, 1.82) is 0 Å². The molecular formula is C32H30N2O5S. The van der Waals surface area contributed by atoms with Crippen LogP contribution in [0.2, 0.25) is 0 Å². The Kier molecular flexibility index (Phi) is 7.71. The number of fused-ring (bicyclic) bond motifs is 1.